The molecule has 0 atom stereocenters. The number of aryl methyl sites for hydroxylation is 1. The molecule has 0 spiro atoms. The molecule has 3 aromatic heterocycles. The minimum Gasteiger partial charge on any atom is -0.459 e. The van der Waals surface area contributed by atoms with Crippen LogP contribution in [0.3, 0.4) is 0 Å². The van der Waals surface area contributed by atoms with E-state index in [0.29, 0.717) is 0 Å². The molecule has 0 unspecified atom stereocenters. The van der Waals surface area contributed by atoms with Gasteiger partial charge >= 0.3 is 0 Å². The van der Waals surface area contributed by atoms with Gasteiger partial charge in [-0.05, 0) is 50.3 Å². The Morgan fingerprint density at radius 2 is 2.14 bits per heavy atom. The average molecular weight is 335 g/mol. The number of rotatable bonds is 4. The van der Waals surface area contributed by atoms with Crippen molar-refractivity contribution in [3.63, 3.8) is 0 Å². The largest absolute Gasteiger partial charge is 0.459 e. The maximum absolute atomic E-state index is 5.60. The van der Waals surface area contributed by atoms with Crippen molar-refractivity contribution in [2.45, 2.75) is 44.1 Å². The number of tetrazole rings is 1. The van der Waals surface area contributed by atoms with Gasteiger partial charge in [0, 0.05) is 11.1 Å². The van der Waals surface area contributed by atoms with E-state index in [4.69, 9.17) is 4.42 Å². The molecule has 0 bridgehead atoms. The van der Waals surface area contributed by atoms with E-state index in [1.807, 2.05) is 29.1 Å². The Morgan fingerprint density at radius 3 is 2.82 bits per heavy atom. The lowest BCUT2D eigenvalue weighted by atomic mass is 10.1. The van der Waals surface area contributed by atoms with Crippen molar-refractivity contribution in [2.75, 3.05) is 0 Å². The lowest BCUT2D eigenvalue weighted by Gasteiger charge is -2.19. The van der Waals surface area contributed by atoms with Crippen molar-refractivity contribution in [1.29, 1.82) is 0 Å². The molecule has 0 amide bonds. The SMILES string of the molecule is Cc1ccc(-c2nc(CSc3nnnn3C(C)(C)C)cs2)o1. The van der Waals surface area contributed by atoms with Gasteiger partial charge in [-0.15, -0.1) is 16.4 Å². The number of nitrogens with zero attached hydrogens (tertiary/aromatic N) is 5. The molecule has 3 heterocycles. The first kappa shape index (κ1) is 15.2. The maximum Gasteiger partial charge on any atom is 0.210 e. The molecule has 0 fully saturated rings. The summed E-state index contributed by atoms with van der Waals surface area (Å²) >= 11 is 3.17. The zero-order valence-electron chi connectivity index (χ0n) is 12.9. The van der Waals surface area contributed by atoms with Crippen LogP contribution in [0.25, 0.3) is 10.8 Å². The lowest BCUT2D eigenvalue weighted by Crippen LogP contribution is -2.24. The van der Waals surface area contributed by atoms with E-state index >= 15 is 0 Å². The number of thiazole rings is 1. The van der Waals surface area contributed by atoms with Crippen LogP contribution in [0, 0.1) is 6.92 Å². The molecule has 0 aliphatic heterocycles. The summed E-state index contributed by atoms with van der Waals surface area (Å²) in [4.78, 5) is 4.61. The molecule has 0 radical (unpaired) electrons. The quantitative estimate of drug-likeness (QED) is 0.676. The van der Waals surface area contributed by atoms with Crippen molar-refractivity contribution in [3.05, 3.63) is 29.0 Å². The standard InChI is InChI=1S/C14H17N5OS2/c1-9-5-6-11(20-9)12-15-10(7-21-12)8-22-13-16-17-18-19(13)14(2,3)4/h5-7H,8H2,1-4H3. The van der Waals surface area contributed by atoms with Crippen molar-refractivity contribution in [1.82, 2.24) is 25.2 Å². The Morgan fingerprint density at radius 1 is 1.32 bits per heavy atom. The van der Waals surface area contributed by atoms with Crippen molar-refractivity contribution < 1.29 is 4.42 Å². The average Bonchev–Trinajstić information content (AvgIpc) is 3.15. The second kappa shape index (κ2) is 5.85. The number of furan rings is 1. The summed E-state index contributed by atoms with van der Waals surface area (Å²) in [5, 5.41) is 15.7. The van der Waals surface area contributed by atoms with Crippen LogP contribution in [0.5, 0.6) is 0 Å². The molecule has 8 heteroatoms. The number of thioether (sulfide) groups is 1. The molecule has 0 aliphatic rings. The van der Waals surface area contributed by atoms with E-state index in [9.17, 15) is 0 Å². The molecule has 6 nitrogen and oxygen atoms in total. The van der Waals surface area contributed by atoms with Crippen LogP contribution in [0.15, 0.2) is 27.1 Å². The van der Waals surface area contributed by atoms with Crippen LogP contribution >= 0.6 is 23.1 Å². The molecule has 0 aliphatic carbocycles. The molecule has 116 valence electrons. The Labute approximate surface area is 136 Å². The van der Waals surface area contributed by atoms with E-state index < -0.39 is 0 Å². The van der Waals surface area contributed by atoms with E-state index in [1.165, 1.54) is 0 Å². The number of aromatic nitrogens is 5. The van der Waals surface area contributed by atoms with E-state index in [-0.39, 0.29) is 5.54 Å². The predicted molar refractivity (Wildman–Crippen MR) is 86.9 cm³/mol. The zero-order chi connectivity index (χ0) is 15.7. The van der Waals surface area contributed by atoms with E-state index in [0.717, 1.165) is 33.1 Å². The maximum atomic E-state index is 5.60. The summed E-state index contributed by atoms with van der Waals surface area (Å²) < 4.78 is 7.44. The highest BCUT2D eigenvalue weighted by Gasteiger charge is 2.20. The van der Waals surface area contributed by atoms with Gasteiger partial charge in [0.15, 0.2) is 10.8 Å². The highest BCUT2D eigenvalue weighted by atomic mass is 32.2. The molecule has 0 saturated carbocycles. The van der Waals surface area contributed by atoms with E-state index in [2.05, 4.69) is 41.3 Å². The summed E-state index contributed by atoms with van der Waals surface area (Å²) in [6.45, 7) is 8.16. The van der Waals surface area contributed by atoms with Crippen LogP contribution in [-0.4, -0.2) is 25.2 Å². The third kappa shape index (κ3) is 3.22. The molecular formula is C14H17N5OS2. The van der Waals surface area contributed by atoms with Crippen LogP contribution in [0.1, 0.15) is 32.2 Å². The Hall–Kier alpha value is -1.67. The monoisotopic (exact) mass is 335 g/mol. The Balaban J connectivity index is 1.70. The summed E-state index contributed by atoms with van der Waals surface area (Å²) in [5.41, 5.74) is 0.868. The van der Waals surface area contributed by atoms with E-state index in [1.54, 1.807) is 23.1 Å². The van der Waals surface area contributed by atoms with Gasteiger partial charge in [-0.25, -0.2) is 9.67 Å². The molecule has 0 N–H and O–H groups in total. The van der Waals surface area contributed by atoms with Crippen LogP contribution < -0.4 is 0 Å². The van der Waals surface area contributed by atoms with Crippen molar-refractivity contribution in [3.8, 4) is 10.8 Å². The van der Waals surface area contributed by atoms with Gasteiger partial charge in [-0.2, -0.15) is 0 Å². The summed E-state index contributed by atoms with van der Waals surface area (Å²) in [6.07, 6.45) is 0. The topological polar surface area (TPSA) is 69.6 Å². The van der Waals surface area contributed by atoms with Gasteiger partial charge in [-0.3, -0.25) is 0 Å². The Kier molecular flexibility index (Phi) is 4.05. The van der Waals surface area contributed by atoms with Crippen LogP contribution in [0.4, 0.5) is 0 Å². The van der Waals surface area contributed by atoms with Gasteiger partial charge in [0.25, 0.3) is 0 Å². The fourth-order valence-corrected chi connectivity index (χ4v) is 3.70. The minimum absolute atomic E-state index is 0.134. The second-order valence-electron chi connectivity index (χ2n) is 5.89. The fourth-order valence-electron chi connectivity index (χ4n) is 1.86. The van der Waals surface area contributed by atoms with Crippen LogP contribution in [0.2, 0.25) is 0 Å². The van der Waals surface area contributed by atoms with Crippen LogP contribution in [-0.2, 0) is 11.3 Å². The molecule has 0 aromatic carbocycles. The summed E-state index contributed by atoms with van der Waals surface area (Å²) in [6, 6.07) is 3.90. The first-order valence-corrected chi connectivity index (χ1v) is 8.73. The summed E-state index contributed by atoms with van der Waals surface area (Å²) in [5.74, 6) is 2.44. The molecule has 3 aromatic rings. The third-order valence-electron chi connectivity index (χ3n) is 2.93. The lowest BCUT2D eigenvalue weighted by molar-refractivity contribution is 0.321. The molecular weight excluding hydrogens is 318 g/mol. The number of hydrogen-bond acceptors (Lipinski definition) is 7. The Bertz CT molecular complexity index is 768. The van der Waals surface area contributed by atoms with Gasteiger partial charge in [0.1, 0.15) is 5.76 Å². The van der Waals surface area contributed by atoms with Gasteiger partial charge < -0.3 is 4.42 Å². The highest BCUT2D eigenvalue weighted by molar-refractivity contribution is 7.98. The van der Waals surface area contributed by atoms with Gasteiger partial charge in [0.05, 0.1) is 11.2 Å². The van der Waals surface area contributed by atoms with Gasteiger partial charge in [0.2, 0.25) is 5.16 Å². The third-order valence-corrected chi connectivity index (χ3v) is 4.79. The second-order valence-corrected chi connectivity index (χ2v) is 7.69. The van der Waals surface area contributed by atoms with Crippen molar-refractivity contribution in [2.24, 2.45) is 0 Å². The first-order chi connectivity index (χ1) is 10.4. The normalized spacial score (nSPS) is 12.0. The molecule has 3 rings (SSSR count). The highest BCUT2D eigenvalue weighted by Crippen LogP contribution is 2.29. The molecule has 22 heavy (non-hydrogen) atoms. The fraction of sp³-hybridized carbons (Fsp3) is 0.429. The minimum atomic E-state index is -0.134. The smallest absolute Gasteiger partial charge is 0.210 e. The zero-order valence-corrected chi connectivity index (χ0v) is 14.5. The summed E-state index contributed by atoms with van der Waals surface area (Å²) in [7, 11) is 0. The predicted octanol–water partition coefficient (Wildman–Crippen LogP) is 3.75. The van der Waals surface area contributed by atoms with Gasteiger partial charge in [-0.1, -0.05) is 11.8 Å². The first-order valence-electron chi connectivity index (χ1n) is 6.86. The molecule has 0 saturated heterocycles. The number of hydrogen-bond donors (Lipinski definition) is 0. The van der Waals surface area contributed by atoms with Crippen molar-refractivity contribution >= 4 is 23.1 Å².